The Bertz CT molecular complexity index is 747. The SMILES string of the molecule is CS(=O)(=O)c1csc(NC(=O)c2cc(O)cc(O)c2)n1. The maximum Gasteiger partial charge on any atom is 0.257 e. The van der Waals surface area contributed by atoms with Gasteiger partial charge in [0.05, 0.1) is 0 Å². The fraction of sp³-hybridized carbons (Fsp3) is 0.0909. The van der Waals surface area contributed by atoms with E-state index in [2.05, 4.69) is 10.3 Å². The molecule has 2 aromatic rings. The van der Waals surface area contributed by atoms with Gasteiger partial charge >= 0.3 is 0 Å². The van der Waals surface area contributed by atoms with Crippen LogP contribution in [0.25, 0.3) is 0 Å². The number of phenolic OH excluding ortho intramolecular Hbond substituents is 2. The Morgan fingerprint density at radius 2 is 1.85 bits per heavy atom. The van der Waals surface area contributed by atoms with Crippen molar-refractivity contribution in [2.24, 2.45) is 0 Å². The van der Waals surface area contributed by atoms with Crippen LogP contribution in [-0.4, -0.2) is 35.8 Å². The number of carbonyl (C=O) groups excluding carboxylic acids is 1. The van der Waals surface area contributed by atoms with Crippen LogP contribution in [0.2, 0.25) is 0 Å². The maximum absolute atomic E-state index is 11.9. The number of carbonyl (C=O) groups is 1. The van der Waals surface area contributed by atoms with Crippen molar-refractivity contribution in [1.29, 1.82) is 0 Å². The number of aromatic hydroxyl groups is 2. The number of aromatic nitrogens is 1. The molecule has 9 heteroatoms. The largest absolute Gasteiger partial charge is 0.508 e. The van der Waals surface area contributed by atoms with Crippen LogP contribution >= 0.6 is 11.3 Å². The second kappa shape index (κ2) is 5.10. The zero-order chi connectivity index (χ0) is 14.9. The molecule has 0 bridgehead atoms. The molecular formula is C11H10N2O5S2. The van der Waals surface area contributed by atoms with E-state index in [1.54, 1.807) is 0 Å². The van der Waals surface area contributed by atoms with Gasteiger partial charge in [-0.25, -0.2) is 13.4 Å². The molecule has 0 saturated heterocycles. The Labute approximate surface area is 118 Å². The van der Waals surface area contributed by atoms with Crippen molar-refractivity contribution in [2.75, 3.05) is 11.6 Å². The number of sulfone groups is 1. The summed E-state index contributed by atoms with van der Waals surface area (Å²) in [6.45, 7) is 0. The first-order valence-electron chi connectivity index (χ1n) is 5.25. The number of benzene rings is 1. The second-order valence-electron chi connectivity index (χ2n) is 3.96. The molecule has 106 valence electrons. The van der Waals surface area contributed by atoms with E-state index in [0.717, 1.165) is 23.7 Å². The van der Waals surface area contributed by atoms with Gasteiger partial charge in [0.15, 0.2) is 20.0 Å². The van der Waals surface area contributed by atoms with Crippen LogP contribution in [0.5, 0.6) is 11.5 Å². The Morgan fingerprint density at radius 3 is 2.35 bits per heavy atom. The first-order valence-corrected chi connectivity index (χ1v) is 8.03. The van der Waals surface area contributed by atoms with Gasteiger partial charge in [-0.1, -0.05) is 0 Å². The minimum atomic E-state index is -3.43. The molecule has 0 aliphatic rings. The molecule has 0 unspecified atom stereocenters. The second-order valence-corrected chi connectivity index (χ2v) is 6.78. The van der Waals surface area contributed by atoms with Gasteiger partial charge in [-0.2, -0.15) is 0 Å². The summed E-state index contributed by atoms with van der Waals surface area (Å²) < 4.78 is 22.5. The molecule has 2 rings (SSSR count). The molecular weight excluding hydrogens is 304 g/mol. The normalized spacial score (nSPS) is 11.2. The van der Waals surface area contributed by atoms with Gasteiger partial charge < -0.3 is 10.2 Å². The predicted molar refractivity (Wildman–Crippen MR) is 72.9 cm³/mol. The van der Waals surface area contributed by atoms with Crippen molar-refractivity contribution in [3.05, 3.63) is 29.1 Å². The summed E-state index contributed by atoms with van der Waals surface area (Å²) in [5.74, 6) is -1.14. The highest BCUT2D eigenvalue weighted by molar-refractivity contribution is 7.90. The predicted octanol–water partition coefficient (Wildman–Crippen LogP) is 1.21. The number of nitrogens with zero attached hydrogens (tertiary/aromatic N) is 1. The van der Waals surface area contributed by atoms with E-state index in [-0.39, 0.29) is 27.2 Å². The number of phenols is 2. The third-order valence-corrected chi connectivity index (χ3v) is 4.12. The standard InChI is InChI=1S/C11H10N2O5S2/c1-20(17,18)9-5-19-11(12-9)13-10(16)6-2-7(14)4-8(15)3-6/h2-5,14-15H,1H3,(H,12,13,16). The fourth-order valence-electron chi connectivity index (χ4n) is 1.38. The lowest BCUT2D eigenvalue weighted by atomic mass is 10.2. The smallest absolute Gasteiger partial charge is 0.257 e. The Balaban J connectivity index is 2.21. The summed E-state index contributed by atoms with van der Waals surface area (Å²) in [4.78, 5) is 15.6. The van der Waals surface area contributed by atoms with Gasteiger partial charge in [0.2, 0.25) is 0 Å². The van der Waals surface area contributed by atoms with Crippen molar-refractivity contribution in [3.8, 4) is 11.5 Å². The summed E-state index contributed by atoms with van der Waals surface area (Å²) in [6, 6.07) is 3.42. The molecule has 1 aromatic heterocycles. The lowest BCUT2D eigenvalue weighted by Gasteiger charge is -2.03. The highest BCUT2D eigenvalue weighted by Crippen LogP contribution is 2.23. The summed E-state index contributed by atoms with van der Waals surface area (Å²) in [5, 5.41) is 22.3. The van der Waals surface area contributed by atoms with Crippen LogP contribution < -0.4 is 5.32 Å². The third kappa shape index (κ3) is 3.25. The quantitative estimate of drug-likeness (QED) is 0.784. The molecule has 0 atom stereocenters. The first kappa shape index (κ1) is 14.3. The van der Waals surface area contributed by atoms with E-state index in [4.69, 9.17) is 0 Å². The van der Waals surface area contributed by atoms with Crippen molar-refractivity contribution in [1.82, 2.24) is 4.98 Å². The molecule has 0 saturated carbocycles. The number of amides is 1. The zero-order valence-corrected chi connectivity index (χ0v) is 11.8. The van der Waals surface area contributed by atoms with E-state index in [1.165, 1.54) is 17.5 Å². The number of rotatable bonds is 3. The zero-order valence-electron chi connectivity index (χ0n) is 10.2. The molecule has 0 aliphatic carbocycles. The average molecular weight is 314 g/mol. The minimum absolute atomic E-state index is 0.0265. The number of thiazole rings is 1. The Morgan fingerprint density at radius 1 is 1.25 bits per heavy atom. The fourth-order valence-corrected chi connectivity index (χ4v) is 3.11. The van der Waals surface area contributed by atoms with Gasteiger partial charge in [0.1, 0.15) is 11.5 Å². The summed E-state index contributed by atoms with van der Waals surface area (Å²) >= 11 is 0.961. The van der Waals surface area contributed by atoms with Crippen molar-refractivity contribution < 1.29 is 23.4 Å². The molecule has 1 amide bonds. The monoisotopic (exact) mass is 314 g/mol. The Hall–Kier alpha value is -2.13. The van der Waals surface area contributed by atoms with Crippen molar-refractivity contribution >= 4 is 32.2 Å². The number of hydrogen-bond acceptors (Lipinski definition) is 7. The molecule has 1 heterocycles. The third-order valence-electron chi connectivity index (χ3n) is 2.25. The van der Waals surface area contributed by atoms with Crippen molar-refractivity contribution in [2.45, 2.75) is 5.03 Å². The Kier molecular flexibility index (Phi) is 3.64. The highest BCUT2D eigenvalue weighted by Gasteiger charge is 2.15. The molecule has 0 aliphatic heterocycles. The van der Waals surface area contributed by atoms with E-state index in [1.807, 2.05) is 0 Å². The van der Waals surface area contributed by atoms with Gasteiger partial charge in [-0.05, 0) is 12.1 Å². The minimum Gasteiger partial charge on any atom is -0.508 e. The molecule has 0 radical (unpaired) electrons. The lowest BCUT2D eigenvalue weighted by Crippen LogP contribution is -2.11. The van der Waals surface area contributed by atoms with E-state index in [9.17, 15) is 23.4 Å². The summed E-state index contributed by atoms with van der Waals surface area (Å²) in [5.41, 5.74) is 0.0265. The summed E-state index contributed by atoms with van der Waals surface area (Å²) in [7, 11) is -3.43. The molecule has 20 heavy (non-hydrogen) atoms. The van der Waals surface area contributed by atoms with Crippen LogP contribution in [0.3, 0.4) is 0 Å². The molecule has 3 N–H and O–H groups in total. The van der Waals surface area contributed by atoms with E-state index >= 15 is 0 Å². The number of nitrogens with one attached hydrogen (secondary N) is 1. The first-order chi connectivity index (χ1) is 9.25. The number of hydrogen-bond donors (Lipinski definition) is 3. The highest BCUT2D eigenvalue weighted by atomic mass is 32.2. The van der Waals surface area contributed by atoms with Gasteiger partial charge in [-0.15, -0.1) is 11.3 Å². The number of anilines is 1. The average Bonchev–Trinajstić information content (AvgIpc) is 2.75. The van der Waals surface area contributed by atoms with Crippen LogP contribution in [-0.2, 0) is 9.84 Å². The van der Waals surface area contributed by atoms with E-state index < -0.39 is 15.7 Å². The van der Waals surface area contributed by atoms with Crippen LogP contribution in [0, 0.1) is 0 Å². The van der Waals surface area contributed by atoms with Crippen LogP contribution in [0.15, 0.2) is 28.6 Å². The summed E-state index contributed by atoms with van der Waals surface area (Å²) in [6.07, 6.45) is 1.01. The molecule has 7 nitrogen and oxygen atoms in total. The maximum atomic E-state index is 11.9. The van der Waals surface area contributed by atoms with Crippen molar-refractivity contribution in [3.63, 3.8) is 0 Å². The van der Waals surface area contributed by atoms with Gasteiger partial charge in [-0.3, -0.25) is 10.1 Å². The molecule has 1 aromatic carbocycles. The topological polar surface area (TPSA) is 117 Å². The van der Waals surface area contributed by atoms with E-state index in [0.29, 0.717) is 0 Å². The van der Waals surface area contributed by atoms with Crippen LogP contribution in [0.4, 0.5) is 5.13 Å². The molecule has 0 spiro atoms. The van der Waals surface area contributed by atoms with Gasteiger partial charge in [0, 0.05) is 23.3 Å². The van der Waals surface area contributed by atoms with Gasteiger partial charge in [0.25, 0.3) is 5.91 Å². The van der Waals surface area contributed by atoms with Crippen LogP contribution in [0.1, 0.15) is 10.4 Å². The molecule has 0 fully saturated rings. The lowest BCUT2D eigenvalue weighted by molar-refractivity contribution is 0.102.